The number of hydrogen-bond acceptors (Lipinski definition) is 6. The summed E-state index contributed by atoms with van der Waals surface area (Å²) in [5.74, 6) is -0.412. The molecule has 29 heavy (non-hydrogen) atoms. The van der Waals surface area contributed by atoms with Gasteiger partial charge in [0.25, 0.3) is 5.91 Å². The Balaban J connectivity index is 1.97. The first-order valence-corrected chi connectivity index (χ1v) is 11.8. The monoisotopic (exact) mass is 446 g/mol. The standard InChI is InChI=1S/C19H27ClN2O6S/c1-3-5-7-28-18-15(20)10-14(11-16(18)27-4-2)19(24)22-21-17(23)9-13-6-8-29(25,26)12-13/h10-11,13H,3-9,12H2,1-2H3,(H,21,23)(H,22,24). The van der Waals surface area contributed by atoms with Crippen LogP contribution in [0.2, 0.25) is 5.02 Å². The van der Waals surface area contributed by atoms with Crippen LogP contribution in [0.4, 0.5) is 0 Å². The van der Waals surface area contributed by atoms with E-state index in [2.05, 4.69) is 10.9 Å². The molecule has 1 atom stereocenters. The van der Waals surface area contributed by atoms with E-state index in [1.807, 2.05) is 6.92 Å². The molecule has 1 aromatic rings. The number of unbranched alkanes of at least 4 members (excludes halogenated alkanes) is 1. The summed E-state index contributed by atoms with van der Waals surface area (Å²) in [6.07, 6.45) is 2.32. The van der Waals surface area contributed by atoms with Crippen molar-refractivity contribution >= 4 is 33.3 Å². The van der Waals surface area contributed by atoms with E-state index in [9.17, 15) is 18.0 Å². The van der Waals surface area contributed by atoms with E-state index in [4.69, 9.17) is 21.1 Å². The number of rotatable bonds is 9. The highest BCUT2D eigenvalue weighted by Crippen LogP contribution is 2.36. The van der Waals surface area contributed by atoms with Gasteiger partial charge in [0.2, 0.25) is 5.91 Å². The van der Waals surface area contributed by atoms with Crippen molar-refractivity contribution in [2.45, 2.75) is 39.5 Å². The summed E-state index contributed by atoms with van der Waals surface area (Å²) in [5.41, 5.74) is 4.83. The smallest absolute Gasteiger partial charge is 0.269 e. The van der Waals surface area contributed by atoms with Crippen LogP contribution in [0.3, 0.4) is 0 Å². The van der Waals surface area contributed by atoms with E-state index >= 15 is 0 Å². The van der Waals surface area contributed by atoms with Crippen LogP contribution in [-0.2, 0) is 14.6 Å². The van der Waals surface area contributed by atoms with Gasteiger partial charge in [-0.25, -0.2) is 8.42 Å². The first-order valence-electron chi connectivity index (χ1n) is 9.64. The maximum Gasteiger partial charge on any atom is 0.269 e. The van der Waals surface area contributed by atoms with Gasteiger partial charge in [-0.2, -0.15) is 0 Å². The number of ether oxygens (including phenoxy) is 2. The minimum Gasteiger partial charge on any atom is -0.490 e. The Kier molecular flexibility index (Phi) is 8.58. The molecule has 0 bridgehead atoms. The zero-order valence-corrected chi connectivity index (χ0v) is 18.2. The van der Waals surface area contributed by atoms with Gasteiger partial charge in [-0.1, -0.05) is 24.9 Å². The molecule has 1 aliphatic rings. The van der Waals surface area contributed by atoms with Crippen LogP contribution in [0.5, 0.6) is 11.5 Å². The van der Waals surface area contributed by atoms with Crippen LogP contribution in [0.15, 0.2) is 12.1 Å². The van der Waals surface area contributed by atoms with Gasteiger partial charge in [-0.05, 0) is 37.8 Å². The minimum absolute atomic E-state index is 0.00117. The third-order valence-corrected chi connectivity index (χ3v) is 6.55. The molecule has 0 saturated carbocycles. The normalized spacial score (nSPS) is 17.6. The van der Waals surface area contributed by atoms with Gasteiger partial charge in [-0.3, -0.25) is 20.4 Å². The van der Waals surface area contributed by atoms with E-state index in [-0.39, 0.29) is 34.4 Å². The number of amides is 2. The van der Waals surface area contributed by atoms with Crippen molar-refractivity contribution in [3.8, 4) is 11.5 Å². The van der Waals surface area contributed by atoms with Crippen LogP contribution in [0, 0.1) is 5.92 Å². The fraction of sp³-hybridized carbons (Fsp3) is 0.579. The molecule has 162 valence electrons. The first-order chi connectivity index (χ1) is 13.8. The lowest BCUT2D eigenvalue weighted by Gasteiger charge is -2.15. The molecule has 1 heterocycles. The minimum atomic E-state index is -3.05. The lowest BCUT2D eigenvalue weighted by atomic mass is 10.1. The number of benzene rings is 1. The molecular weight excluding hydrogens is 420 g/mol. The molecule has 1 aliphatic heterocycles. The number of nitrogens with one attached hydrogen (secondary N) is 2. The van der Waals surface area contributed by atoms with E-state index < -0.39 is 21.7 Å². The van der Waals surface area contributed by atoms with Gasteiger partial charge in [0.1, 0.15) is 0 Å². The second kappa shape index (κ2) is 10.7. The quantitative estimate of drug-likeness (QED) is 0.445. The molecule has 2 amide bonds. The maximum atomic E-state index is 12.4. The molecule has 2 N–H and O–H groups in total. The molecule has 0 radical (unpaired) electrons. The molecule has 1 unspecified atom stereocenters. The van der Waals surface area contributed by atoms with Crippen LogP contribution in [-0.4, -0.2) is 45.0 Å². The number of halogens is 1. The molecule has 1 aromatic carbocycles. The van der Waals surface area contributed by atoms with Gasteiger partial charge in [0.05, 0.1) is 29.7 Å². The van der Waals surface area contributed by atoms with Crippen molar-refractivity contribution in [1.82, 2.24) is 10.9 Å². The van der Waals surface area contributed by atoms with Crippen LogP contribution in [0.1, 0.15) is 49.9 Å². The number of carbonyl (C=O) groups excluding carboxylic acids is 2. The molecule has 1 saturated heterocycles. The summed E-state index contributed by atoms with van der Waals surface area (Å²) < 4.78 is 34.1. The van der Waals surface area contributed by atoms with Crippen molar-refractivity contribution < 1.29 is 27.5 Å². The van der Waals surface area contributed by atoms with E-state index in [1.165, 1.54) is 12.1 Å². The highest BCUT2D eigenvalue weighted by atomic mass is 35.5. The second-order valence-electron chi connectivity index (χ2n) is 6.90. The highest BCUT2D eigenvalue weighted by Gasteiger charge is 2.29. The molecule has 10 heteroatoms. The summed E-state index contributed by atoms with van der Waals surface area (Å²) in [6, 6.07) is 2.94. The van der Waals surface area contributed by atoms with Gasteiger partial charge < -0.3 is 9.47 Å². The average molecular weight is 447 g/mol. The van der Waals surface area contributed by atoms with E-state index in [0.29, 0.717) is 31.1 Å². The van der Waals surface area contributed by atoms with Gasteiger partial charge in [0, 0.05) is 12.0 Å². The Labute approximate surface area is 176 Å². The zero-order chi connectivity index (χ0) is 21.4. The van der Waals surface area contributed by atoms with Crippen molar-refractivity contribution in [2.24, 2.45) is 5.92 Å². The fourth-order valence-corrected chi connectivity index (χ4v) is 5.09. The predicted octanol–water partition coefficient (Wildman–Crippen LogP) is 2.50. The lowest BCUT2D eigenvalue weighted by molar-refractivity contribution is -0.122. The van der Waals surface area contributed by atoms with Crippen molar-refractivity contribution in [3.05, 3.63) is 22.7 Å². The summed E-state index contributed by atoms with van der Waals surface area (Å²) in [5, 5.41) is 0.236. The Morgan fingerprint density at radius 3 is 2.59 bits per heavy atom. The molecule has 0 spiro atoms. The molecular formula is C19H27ClN2O6S. The van der Waals surface area contributed by atoms with Crippen LogP contribution < -0.4 is 20.3 Å². The fourth-order valence-electron chi connectivity index (χ4n) is 2.97. The zero-order valence-electron chi connectivity index (χ0n) is 16.6. The van der Waals surface area contributed by atoms with Crippen molar-refractivity contribution in [2.75, 3.05) is 24.7 Å². The summed E-state index contributed by atoms with van der Waals surface area (Å²) in [4.78, 5) is 24.4. The Bertz CT molecular complexity index is 843. The maximum absolute atomic E-state index is 12.4. The Morgan fingerprint density at radius 1 is 1.21 bits per heavy atom. The van der Waals surface area contributed by atoms with Crippen molar-refractivity contribution in [1.29, 1.82) is 0 Å². The number of hydrazine groups is 1. The molecule has 0 aliphatic carbocycles. The number of hydrogen-bond donors (Lipinski definition) is 2. The molecule has 8 nitrogen and oxygen atoms in total. The second-order valence-corrected chi connectivity index (χ2v) is 9.53. The first kappa shape index (κ1) is 23.3. The third-order valence-electron chi connectivity index (χ3n) is 4.43. The molecule has 0 aromatic heterocycles. The average Bonchev–Trinajstić information content (AvgIpc) is 3.00. The van der Waals surface area contributed by atoms with Crippen LogP contribution >= 0.6 is 11.6 Å². The van der Waals surface area contributed by atoms with Gasteiger partial charge in [0.15, 0.2) is 21.3 Å². The van der Waals surface area contributed by atoms with Gasteiger partial charge >= 0.3 is 0 Å². The molecule has 2 rings (SSSR count). The summed E-state index contributed by atoms with van der Waals surface area (Å²) in [6.45, 7) is 4.70. The highest BCUT2D eigenvalue weighted by molar-refractivity contribution is 7.91. The predicted molar refractivity (Wildman–Crippen MR) is 110 cm³/mol. The Morgan fingerprint density at radius 2 is 1.97 bits per heavy atom. The topological polar surface area (TPSA) is 111 Å². The van der Waals surface area contributed by atoms with Crippen molar-refractivity contribution in [3.63, 3.8) is 0 Å². The SMILES string of the molecule is CCCCOc1c(Cl)cc(C(=O)NNC(=O)CC2CCS(=O)(=O)C2)cc1OCC. The summed E-state index contributed by atoms with van der Waals surface area (Å²) >= 11 is 6.27. The van der Waals surface area contributed by atoms with Gasteiger partial charge in [-0.15, -0.1) is 0 Å². The van der Waals surface area contributed by atoms with E-state index in [1.54, 1.807) is 6.92 Å². The van der Waals surface area contributed by atoms with E-state index in [0.717, 1.165) is 12.8 Å². The number of sulfone groups is 1. The third kappa shape index (κ3) is 7.08. The number of carbonyl (C=O) groups is 2. The lowest BCUT2D eigenvalue weighted by Crippen LogP contribution is -2.42. The Hall–Kier alpha value is -2.00. The molecule has 1 fully saturated rings. The van der Waals surface area contributed by atoms with Crippen LogP contribution in [0.25, 0.3) is 0 Å². The summed E-state index contributed by atoms with van der Waals surface area (Å²) in [7, 11) is -3.05. The largest absolute Gasteiger partial charge is 0.490 e.